The molecule has 4 heteroatoms. The Morgan fingerprint density at radius 2 is 2.13 bits per heavy atom. The van der Waals surface area contributed by atoms with Crippen molar-refractivity contribution in [3.63, 3.8) is 0 Å². The lowest BCUT2D eigenvalue weighted by atomic mass is 10.1. The first kappa shape index (κ1) is 9.45. The maximum atomic E-state index is 11.3. The van der Waals surface area contributed by atoms with Crippen LogP contribution in [0.5, 0.6) is 0 Å². The van der Waals surface area contributed by atoms with E-state index in [4.69, 9.17) is 5.73 Å². The quantitative estimate of drug-likeness (QED) is 0.713. The average molecular weight is 202 g/mol. The van der Waals surface area contributed by atoms with E-state index in [0.29, 0.717) is 11.4 Å². The Morgan fingerprint density at radius 3 is 2.87 bits per heavy atom. The molecule has 1 heterocycles. The average Bonchev–Trinajstić information content (AvgIpc) is 2.27. The van der Waals surface area contributed by atoms with Crippen LogP contribution in [0, 0.1) is 0 Å². The number of rotatable bonds is 1. The molecule has 0 fully saturated rings. The molecule has 76 valence electrons. The van der Waals surface area contributed by atoms with Crippen molar-refractivity contribution in [1.29, 1.82) is 0 Å². The van der Waals surface area contributed by atoms with Gasteiger partial charge in [-0.1, -0.05) is 6.07 Å². The van der Waals surface area contributed by atoms with E-state index in [0.717, 1.165) is 10.8 Å². The fraction of sp³-hybridized carbons (Fsp3) is 0.0909. The largest absolute Gasteiger partial charge is 0.465 e. The molecule has 1 aromatic carbocycles. The van der Waals surface area contributed by atoms with Crippen molar-refractivity contribution >= 4 is 22.6 Å². The van der Waals surface area contributed by atoms with E-state index < -0.39 is 0 Å². The number of hydrogen-bond donors (Lipinski definition) is 1. The first-order valence-electron chi connectivity index (χ1n) is 4.44. The number of methoxy groups -OCH3 is 1. The lowest BCUT2D eigenvalue weighted by molar-refractivity contribution is 0.0601. The molecule has 4 nitrogen and oxygen atoms in total. The number of nitrogen functional groups attached to an aromatic ring is 1. The van der Waals surface area contributed by atoms with Gasteiger partial charge in [0.25, 0.3) is 0 Å². The highest BCUT2D eigenvalue weighted by atomic mass is 16.5. The molecule has 0 aliphatic rings. The van der Waals surface area contributed by atoms with E-state index >= 15 is 0 Å². The fourth-order valence-corrected chi connectivity index (χ4v) is 1.40. The smallest absolute Gasteiger partial charge is 0.337 e. The fourth-order valence-electron chi connectivity index (χ4n) is 1.40. The second-order valence-electron chi connectivity index (χ2n) is 3.16. The van der Waals surface area contributed by atoms with Gasteiger partial charge in [0.2, 0.25) is 0 Å². The van der Waals surface area contributed by atoms with Crippen LogP contribution in [0.3, 0.4) is 0 Å². The zero-order valence-electron chi connectivity index (χ0n) is 8.23. The molecular formula is C11H10N2O2. The lowest BCUT2D eigenvalue weighted by Crippen LogP contribution is -2.00. The maximum Gasteiger partial charge on any atom is 0.337 e. The van der Waals surface area contributed by atoms with Gasteiger partial charge in [0.15, 0.2) is 0 Å². The van der Waals surface area contributed by atoms with Crippen LogP contribution in [0.1, 0.15) is 10.4 Å². The minimum Gasteiger partial charge on any atom is -0.465 e. The number of carbonyl (C=O) groups is 1. The first-order valence-corrected chi connectivity index (χ1v) is 4.44. The Morgan fingerprint density at radius 1 is 1.33 bits per heavy atom. The highest BCUT2D eigenvalue weighted by Gasteiger charge is 2.05. The summed E-state index contributed by atoms with van der Waals surface area (Å²) in [5.74, 6) is 0.113. The van der Waals surface area contributed by atoms with Crippen LogP contribution in [-0.4, -0.2) is 18.1 Å². The molecule has 0 saturated heterocycles. The summed E-state index contributed by atoms with van der Waals surface area (Å²) in [6.45, 7) is 0. The maximum absolute atomic E-state index is 11.3. The summed E-state index contributed by atoms with van der Waals surface area (Å²) >= 11 is 0. The Kier molecular flexibility index (Phi) is 2.25. The van der Waals surface area contributed by atoms with Crippen molar-refractivity contribution in [2.75, 3.05) is 12.8 Å². The summed E-state index contributed by atoms with van der Waals surface area (Å²) < 4.78 is 4.62. The summed E-state index contributed by atoms with van der Waals surface area (Å²) in [5.41, 5.74) is 6.06. The number of fused-ring (bicyclic) bond motifs is 1. The summed E-state index contributed by atoms with van der Waals surface area (Å²) in [6, 6.07) is 7.01. The normalized spacial score (nSPS) is 10.2. The van der Waals surface area contributed by atoms with E-state index in [9.17, 15) is 4.79 Å². The first-order chi connectivity index (χ1) is 7.20. The monoisotopic (exact) mass is 202 g/mol. The molecule has 0 bridgehead atoms. The second-order valence-corrected chi connectivity index (χ2v) is 3.16. The summed E-state index contributed by atoms with van der Waals surface area (Å²) in [4.78, 5) is 15.2. The van der Waals surface area contributed by atoms with Gasteiger partial charge in [-0.25, -0.2) is 9.78 Å². The van der Waals surface area contributed by atoms with Gasteiger partial charge in [-0.3, -0.25) is 0 Å². The van der Waals surface area contributed by atoms with Crippen molar-refractivity contribution in [3.8, 4) is 0 Å². The molecular weight excluding hydrogens is 192 g/mol. The van der Waals surface area contributed by atoms with Gasteiger partial charge < -0.3 is 10.5 Å². The number of aromatic nitrogens is 1. The molecule has 15 heavy (non-hydrogen) atoms. The molecule has 0 atom stereocenters. The summed E-state index contributed by atoms with van der Waals surface area (Å²) in [5, 5.41) is 1.82. The molecule has 2 aromatic rings. The lowest BCUT2D eigenvalue weighted by Gasteiger charge is -2.02. The van der Waals surface area contributed by atoms with Crippen molar-refractivity contribution < 1.29 is 9.53 Å². The van der Waals surface area contributed by atoms with E-state index in [1.165, 1.54) is 7.11 Å². The molecule has 0 radical (unpaired) electrons. The Hall–Kier alpha value is -2.10. The van der Waals surface area contributed by atoms with Crippen molar-refractivity contribution in [2.45, 2.75) is 0 Å². The minimum atomic E-state index is -0.353. The topological polar surface area (TPSA) is 65.2 Å². The van der Waals surface area contributed by atoms with Gasteiger partial charge in [0, 0.05) is 11.6 Å². The molecule has 0 spiro atoms. The third kappa shape index (κ3) is 1.74. The van der Waals surface area contributed by atoms with Crippen molar-refractivity contribution in [2.24, 2.45) is 0 Å². The van der Waals surface area contributed by atoms with E-state index in [2.05, 4.69) is 9.72 Å². The Bertz CT molecular complexity index is 523. The molecule has 0 aliphatic carbocycles. The van der Waals surface area contributed by atoms with Crippen LogP contribution in [0.4, 0.5) is 5.82 Å². The van der Waals surface area contributed by atoms with Crippen LogP contribution < -0.4 is 5.73 Å². The number of anilines is 1. The van der Waals surface area contributed by atoms with E-state index in [1.54, 1.807) is 24.4 Å². The number of hydrogen-bond acceptors (Lipinski definition) is 4. The van der Waals surface area contributed by atoms with Crippen LogP contribution in [-0.2, 0) is 4.74 Å². The van der Waals surface area contributed by atoms with Crippen LogP contribution >= 0.6 is 0 Å². The molecule has 0 amide bonds. The van der Waals surface area contributed by atoms with Gasteiger partial charge in [0.05, 0.1) is 12.7 Å². The van der Waals surface area contributed by atoms with Gasteiger partial charge in [0.1, 0.15) is 5.82 Å². The number of nitrogens with zero attached hydrogens (tertiary/aromatic N) is 1. The molecule has 0 aliphatic heterocycles. The Balaban J connectivity index is 2.57. The third-order valence-electron chi connectivity index (χ3n) is 2.16. The number of benzene rings is 1. The van der Waals surface area contributed by atoms with E-state index in [1.807, 2.05) is 6.07 Å². The number of ether oxygens (including phenoxy) is 1. The molecule has 2 N–H and O–H groups in total. The SMILES string of the molecule is COC(=O)c1ccc2cc(N)ncc2c1. The van der Waals surface area contributed by atoms with Crippen LogP contribution in [0.15, 0.2) is 30.5 Å². The van der Waals surface area contributed by atoms with Crippen molar-refractivity contribution in [3.05, 3.63) is 36.0 Å². The minimum absolute atomic E-state index is 0.353. The predicted octanol–water partition coefficient (Wildman–Crippen LogP) is 1.60. The number of nitrogens with two attached hydrogens (primary N) is 1. The zero-order chi connectivity index (χ0) is 10.8. The number of esters is 1. The zero-order valence-corrected chi connectivity index (χ0v) is 8.23. The predicted molar refractivity (Wildman–Crippen MR) is 57.5 cm³/mol. The summed E-state index contributed by atoms with van der Waals surface area (Å²) in [6.07, 6.45) is 1.64. The molecule has 0 unspecified atom stereocenters. The standard InChI is InChI=1S/C11H10N2O2/c1-15-11(14)8-3-2-7-5-10(12)13-6-9(7)4-8/h2-6H,1H3,(H2,12,13). The van der Waals surface area contributed by atoms with Gasteiger partial charge >= 0.3 is 5.97 Å². The molecule has 2 rings (SSSR count). The third-order valence-corrected chi connectivity index (χ3v) is 2.16. The van der Waals surface area contributed by atoms with Crippen molar-refractivity contribution in [1.82, 2.24) is 4.98 Å². The van der Waals surface area contributed by atoms with Crippen LogP contribution in [0.25, 0.3) is 10.8 Å². The van der Waals surface area contributed by atoms with Crippen LogP contribution in [0.2, 0.25) is 0 Å². The van der Waals surface area contributed by atoms with Gasteiger partial charge in [-0.05, 0) is 23.6 Å². The second kappa shape index (κ2) is 3.57. The highest BCUT2D eigenvalue weighted by molar-refractivity contribution is 5.95. The van der Waals surface area contributed by atoms with E-state index in [-0.39, 0.29) is 5.97 Å². The number of pyridine rings is 1. The van der Waals surface area contributed by atoms with Gasteiger partial charge in [-0.2, -0.15) is 0 Å². The number of carbonyl (C=O) groups excluding carboxylic acids is 1. The molecule has 0 saturated carbocycles. The summed E-state index contributed by atoms with van der Waals surface area (Å²) in [7, 11) is 1.35. The highest BCUT2D eigenvalue weighted by Crippen LogP contribution is 2.17. The Labute approximate surface area is 86.7 Å². The van der Waals surface area contributed by atoms with Gasteiger partial charge in [-0.15, -0.1) is 0 Å². The molecule has 1 aromatic heterocycles.